The van der Waals surface area contributed by atoms with Gasteiger partial charge in [-0.2, -0.15) is 0 Å². The van der Waals surface area contributed by atoms with E-state index in [4.69, 9.17) is 0 Å². The van der Waals surface area contributed by atoms with Crippen LogP contribution in [0.15, 0.2) is 18.2 Å². The standard InChI is InChI=1S/C8H8BrF/c1-6-2-3-7(5-9)8(10)4-6/h2-4H,5H2,1H3/i10-1. The molecule has 0 fully saturated rings. The smallest absolute Gasteiger partial charge is 0.127 e. The second-order valence-electron chi connectivity index (χ2n) is 2.23. The largest absolute Gasteiger partial charge is 0.207 e. The highest BCUT2D eigenvalue weighted by atomic mass is 79.9. The molecule has 10 heavy (non-hydrogen) atoms. The average Bonchev–Trinajstić information content (AvgIpc) is 1.88. The molecule has 2 heteroatoms. The van der Waals surface area contributed by atoms with Gasteiger partial charge in [0.25, 0.3) is 0 Å². The Labute approximate surface area is 68.2 Å². The summed E-state index contributed by atoms with van der Waals surface area (Å²) in [7, 11) is 0. The Morgan fingerprint density at radius 1 is 1.50 bits per heavy atom. The number of hydrogen-bond donors (Lipinski definition) is 0. The fourth-order valence-electron chi connectivity index (χ4n) is 0.761. The van der Waals surface area contributed by atoms with Crippen LogP contribution in [0.2, 0.25) is 0 Å². The third kappa shape index (κ3) is 1.57. The predicted octanol–water partition coefficient (Wildman–Crippen LogP) is 3.03. The van der Waals surface area contributed by atoms with Crippen molar-refractivity contribution in [3.05, 3.63) is 35.1 Å². The topological polar surface area (TPSA) is 0 Å². The van der Waals surface area contributed by atoms with E-state index in [1.165, 1.54) is 6.07 Å². The Morgan fingerprint density at radius 2 is 2.20 bits per heavy atom. The first-order valence-corrected chi connectivity index (χ1v) is 4.17. The average molecular weight is 202 g/mol. The maximum absolute atomic E-state index is 12.8. The van der Waals surface area contributed by atoms with E-state index in [0.29, 0.717) is 10.9 Å². The maximum atomic E-state index is 12.8. The van der Waals surface area contributed by atoms with Crippen molar-refractivity contribution in [1.29, 1.82) is 0 Å². The number of benzene rings is 1. The van der Waals surface area contributed by atoms with Gasteiger partial charge in [0.05, 0.1) is 0 Å². The molecule has 0 spiro atoms. The molecule has 0 nitrogen and oxygen atoms in total. The number of rotatable bonds is 1. The zero-order valence-electron chi connectivity index (χ0n) is 5.70. The second kappa shape index (κ2) is 3.15. The SMILES string of the molecule is Cc1ccc(CBr)c([18F])c1. The molecule has 0 aliphatic carbocycles. The first kappa shape index (κ1) is 7.73. The highest BCUT2D eigenvalue weighted by Gasteiger charge is 1.98. The molecule has 0 saturated heterocycles. The summed E-state index contributed by atoms with van der Waals surface area (Å²) < 4.78 is 12.8. The maximum Gasteiger partial charge on any atom is 0.127 e. The number of aryl methyl sites for hydroxylation is 1. The van der Waals surface area contributed by atoms with Crippen molar-refractivity contribution >= 4 is 15.9 Å². The highest BCUT2D eigenvalue weighted by molar-refractivity contribution is 9.08. The van der Waals surface area contributed by atoms with Crippen LogP contribution in [0.4, 0.5) is 4.39 Å². The molecule has 0 radical (unpaired) electrons. The normalized spacial score (nSPS) is 9.90. The Bertz CT molecular complexity index is 233. The first-order chi connectivity index (χ1) is 4.74. The first-order valence-electron chi connectivity index (χ1n) is 3.05. The second-order valence-corrected chi connectivity index (χ2v) is 2.79. The molecule has 0 heterocycles. The summed E-state index contributed by atoms with van der Waals surface area (Å²) in [5.74, 6) is -0.128. The molecule has 0 aliphatic heterocycles. The van der Waals surface area contributed by atoms with Gasteiger partial charge in [-0.1, -0.05) is 28.1 Å². The van der Waals surface area contributed by atoms with Crippen molar-refractivity contribution in [3.63, 3.8) is 0 Å². The van der Waals surface area contributed by atoms with Gasteiger partial charge in [0, 0.05) is 5.33 Å². The van der Waals surface area contributed by atoms with E-state index in [9.17, 15) is 4.39 Å². The van der Waals surface area contributed by atoms with Gasteiger partial charge in [0.15, 0.2) is 0 Å². The van der Waals surface area contributed by atoms with Gasteiger partial charge in [-0.15, -0.1) is 0 Å². The van der Waals surface area contributed by atoms with Gasteiger partial charge in [0.2, 0.25) is 0 Å². The van der Waals surface area contributed by atoms with E-state index in [1.807, 2.05) is 13.0 Å². The summed E-state index contributed by atoms with van der Waals surface area (Å²) in [5.41, 5.74) is 1.67. The fraction of sp³-hybridized carbons (Fsp3) is 0.250. The highest BCUT2D eigenvalue weighted by Crippen LogP contribution is 2.12. The molecule has 0 N–H and O–H groups in total. The molecule has 0 aliphatic rings. The molecule has 0 aromatic heterocycles. The van der Waals surface area contributed by atoms with Crippen molar-refractivity contribution in [2.45, 2.75) is 12.3 Å². The van der Waals surface area contributed by atoms with Crippen LogP contribution < -0.4 is 0 Å². The third-order valence-corrected chi connectivity index (χ3v) is 1.96. The van der Waals surface area contributed by atoms with Crippen LogP contribution in [-0.4, -0.2) is 0 Å². The summed E-state index contributed by atoms with van der Waals surface area (Å²) in [4.78, 5) is 0. The van der Waals surface area contributed by atoms with Crippen molar-refractivity contribution in [2.24, 2.45) is 0 Å². The minimum atomic E-state index is -0.128. The van der Waals surface area contributed by atoms with Gasteiger partial charge < -0.3 is 0 Å². The van der Waals surface area contributed by atoms with E-state index < -0.39 is 0 Å². The third-order valence-electron chi connectivity index (χ3n) is 1.35. The zero-order valence-corrected chi connectivity index (χ0v) is 7.28. The fourth-order valence-corrected chi connectivity index (χ4v) is 1.22. The van der Waals surface area contributed by atoms with Gasteiger partial charge in [-0.05, 0) is 24.1 Å². The molecular weight excluding hydrogens is 194 g/mol. The Hall–Kier alpha value is -0.370. The minimum Gasteiger partial charge on any atom is -0.207 e. The number of hydrogen-bond acceptors (Lipinski definition) is 0. The van der Waals surface area contributed by atoms with Crippen molar-refractivity contribution in [3.8, 4) is 0 Å². The van der Waals surface area contributed by atoms with E-state index in [1.54, 1.807) is 6.07 Å². The molecule has 0 amide bonds. The Balaban J connectivity index is 3.07. The van der Waals surface area contributed by atoms with Crippen LogP contribution in [0, 0.1) is 12.7 Å². The molecule has 1 aromatic carbocycles. The van der Waals surface area contributed by atoms with E-state index in [0.717, 1.165) is 5.56 Å². The monoisotopic (exact) mass is 201 g/mol. The molecule has 1 aromatic rings. The molecule has 54 valence electrons. The van der Waals surface area contributed by atoms with Crippen LogP contribution in [0.3, 0.4) is 0 Å². The summed E-state index contributed by atoms with van der Waals surface area (Å²) >= 11 is 3.19. The number of alkyl halides is 1. The van der Waals surface area contributed by atoms with E-state index in [2.05, 4.69) is 15.9 Å². The molecule has 0 bridgehead atoms. The summed E-state index contributed by atoms with van der Waals surface area (Å²) in [6.07, 6.45) is 0. The van der Waals surface area contributed by atoms with Crippen molar-refractivity contribution in [2.75, 3.05) is 0 Å². The molecular formula is C8H8BrF. The van der Waals surface area contributed by atoms with Crippen LogP contribution in [0.5, 0.6) is 0 Å². The lowest BCUT2D eigenvalue weighted by molar-refractivity contribution is 0.616. The lowest BCUT2D eigenvalue weighted by Crippen LogP contribution is -1.85. The molecule has 0 unspecified atom stereocenters. The van der Waals surface area contributed by atoms with Crippen molar-refractivity contribution < 1.29 is 4.39 Å². The Morgan fingerprint density at radius 3 is 2.70 bits per heavy atom. The predicted molar refractivity (Wildman–Crippen MR) is 43.8 cm³/mol. The zero-order chi connectivity index (χ0) is 7.56. The summed E-state index contributed by atoms with van der Waals surface area (Å²) in [5, 5.41) is 0.582. The summed E-state index contributed by atoms with van der Waals surface area (Å²) in [6, 6.07) is 5.23. The van der Waals surface area contributed by atoms with Gasteiger partial charge >= 0.3 is 0 Å². The summed E-state index contributed by atoms with van der Waals surface area (Å²) in [6.45, 7) is 1.88. The van der Waals surface area contributed by atoms with E-state index in [-0.39, 0.29) is 5.82 Å². The Kier molecular flexibility index (Phi) is 2.44. The lowest BCUT2D eigenvalue weighted by atomic mass is 10.2. The van der Waals surface area contributed by atoms with Crippen LogP contribution in [-0.2, 0) is 5.33 Å². The quantitative estimate of drug-likeness (QED) is 0.614. The molecule has 0 saturated carbocycles. The number of halogens is 2. The van der Waals surface area contributed by atoms with E-state index >= 15 is 0 Å². The van der Waals surface area contributed by atoms with Gasteiger partial charge in [-0.25, -0.2) is 4.39 Å². The lowest BCUT2D eigenvalue weighted by Gasteiger charge is -1.97. The van der Waals surface area contributed by atoms with Crippen LogP contribution in [0.25, 0.3) is 0 Å². The van der Waals surface area contributed by atoms with Crippen LogP contribution >= 0.6 is 15.9 Å². The van der Waals surface area contributed by atoms with Crippen molar-refractivity contribution in [1.82, 2.24) is 0 Å². The minimum absolute atomic E-state index is 0.128. The van der Waals surface area contributed by atoms with Crippen LogP contribution in [0.1, 0.15) is 11.1 Å². The molecule has 0 atom stereocenters. The van der Waals surface area contributed by atoms with Gasteiger partial charge in [-0.3, -0.25) is 0 Å². The molecule has 1 rings (SSSR count). The van der Waals surface area contributed by atoms with Gasteiger partial charge in [0.1, 0.15) is 5.82 Å².